The molecule has 0 aromatic carbocycles. The molecular weight excluding hydrogens is 830 g/mol. The van der Waals surface area contributed by atoms with Crippen LogP contribution in [-0.4, -0.2) is 103 Å². The monoisotopic (exact) mass is 877 g/mol. The molecule has 16 nitrogen and oxygen atoms in total. The lowest BCUT2D eigenvalue weighted by atomic mass is 10.0. The number of aromatic nitrogens is 10. The van der Waals surface area contributed by atoms with Crippen molar-refractivity contribution in [3.63, 3.8) is 0 Å². The molecule has 8 aromatic heterocycles. The summed E-state index contributed by atoms with van der Waals surface area (Å²) in [6.07, 6.45) is 15.5. The van der Waals surface area contributed by atoms with Crippen LogP contribution in [-0.2, 0) is 20.6 Å². The first-order chi connectivity index (χ1) is 31.3. The number of ether oxygens (including phenoxy) is 3. The second-order valence-electron chi connectivity index (χ2n) is 15.5. The number of anilines is 2. The van der Waals surface area contributed by atoms with E-state index in [1.165, 1.54) is 31.2 Å². The van der Waals surface area contributed by atoms with Crippen LogP contribution < -0.4 is 24.0 Å². The SMILES string of the molecule is COc1nccc2c1C(c1ccnc(N3CCCC3)c1)=NC2.COc1nccc2c1c(-c1ccnc(Cl)c1)nn2C.COc1nccc2c1c(-c1ccnc(N3CCCC3)c1)nn2C. The van der Waals surface area contributed by atoms with Crippen LogP contribution in [0.15, 0.2) is 96.8 Å². The molecule has 326 valence electrons. The number of aliphatic imine (C=N–C) groups is 1. The van der Waals surface area contributed by atoms with Crippen molar-refractivity contribution in [3.8, 4) is 40.2 Å². The molecular formula is C47H48ClN13O3. The van der Waals surface area contributed by atoms with Gasteiger partial charge in [0.2, 0.25) is 17.6 Å². The first kappa shape index (κ1) is 42.1. The maximum atomic E-state index is 5.93. The van der Waals surface area contributed by atoms with Gasteiger partial charge in [0.25, 0.3) is 0 Å². The van der Waals surface area contributed by atoms with E-state index in [9.17, 15) is 0 Å². The molecule has 0 unspecified atom stereocenters. The van der Waals surface area contributed by atoms with Crippen LogP contribution in [0.5, 0.6) is 17.6 Å². The van der Waals surface area contributed by atoms with Gasteiger partial charge in [0.15, 0.2) is 0 Å². The van der Waals surface area contributed by atoms with Crippen molar-refractivity contribution in [1.82, 2.24) is 49.5 Å². The van der Waals surface area contributed by atoms with Crippen molar-refractivity contribution in [2.24, 2.45) is 19.1 Å². The van der Waals surface area contributed by atoms with E-state index >= 15 is 0 Å². The Hall–Kier alpha value is -7.20. The lowest BCUT2D eigenvalue weighted by molar-refractivity contribution is 0.397. The highest BCUT2D eigenvalue weighted by molar-refractivity contribution is 6.29. The van der Waals surface area contributed by atoms with Gasteiger partial charge in [-0.15, -0.1) is 0 Å². The van der Waals surface area contributed by atoms with Crippen LogP contribution in [0.1, 0.15) is 42.4 Å². The third-order valence-electron chi connectivity index (χ3n) is 11.6. The van der Waals surface area contributed by atoms with Crippen LogP contribution in [0.25, 0.3) is 44.3 Å². The molecule has 2 fully saturated rings. The van der Waals surface area contributed by atoms with Crippen LogP contribution in [0.3, 0.4) is 0 Å². The number of methoxy groups -OCH3 is 3. The van der Waals surface area contributed by atoms with E-state index in [4.69, 9.17) is 30.8 Å². The van der Waals surface area contributed by atoms with Crippen LogP contribution in [0, 0.1) is 0 Å². The topological polar surface area (TPSA) is 160 Å². The Morgan fingerprint density at radius 3 is 1.50 bits per heavy atom. The van der Waals surface area contributed by atoms with Crippen LogP contribution >= 0.6 is 11.6 Å². The van der Waals surface area contributed by atoms with Gasteiger partial charge in [-0.25, -0.2) is 29.9 Å². The summed E-state index contributed by atoms with van der Waals surface area (Å²) in [7, 11) is 8.71. The molecule has 17 heteroatoms. The average molecular weight is 878 g/mol. The summed E-state index contributed by atoms with van der Waals surface area (Å²) in [4.78, 5) is 35.2. The molecule has 3 aliphatic rings. The van der Waals surface area contributed by atoms with Gasteiger partial charge in [-0.05, 0) is 85.8 Å². The highest BCUT2D eigenvalue weighted by atomic mass is 35.5. The first-order valence-electron chi connectivity index (χ1n) is 21.2. The largest absolute Gasteiger partial charge is 0.480 e. The zero-order valence-electron chi connectivity index (χ0n) is 36.4. The molecule has 2 saturated heterocycles. The zero-order valence-corrected chi connectivity index (χ0v) is 37.2. The predicted octanol–water partition coefficient (Wildman–Crippen LogP) is 7.77. The molecule has 0 spiro atoms. The number of nitrogens with zero attached hydrogens (tertiary/aromatic N) is 13. The fourth-order valence-electron chi connectivity index (χ4n) is 8.49. The number of rotatable bonds is 8. The van der Waals surface area contributed by atoms with Crippen molar-refractivity contribution in [3.05, 3.63) is 114 Å². The molecule has 0 N–H and O–H groups in total. The van der Waals surface area contributed by atoms with Crippen LogP contribution in [0.4, 0.5) is 11.6 Å². The zero-order chi connectivity index (χ0) is 44.2. The molecule has 8 aromatic rings. The molecule has 11 heterocycles. The summed E-state index contributed by atoms with van der Waals surface area (Å²) in [5.74, 6) is 3.85. The second-order valence-corrected chi connectivity index (χ2v) is 15.8. The quantitative estimate of drug-likeness (QED) is 0.136. The lowest BCUT2D eigenvalue weighted by Crippen LogP contribution is -2.19. The molecule has 0 radical (unpaired) electrons. The van der Waals surface area contributed by atoms with Crippen LogP contribution in [0.2, 0.25) is 5.15 Å². The Morgan fingerprint density at radius 2 is 0.969 bits per heavy atom. The normalized spacial score (nSPS) is 14.2. The van der Waals surface area contributed by atoms with E-state index in [1.54, 1.807) is 56.9 Å². The Balaban J connectivity index is 0.000000122. The third kappa shape index (κ3) is 8.35. The minimum absolute atomic E-state index is 0.430. The number of pyridine rings is 6. The minimum atomic E-state index is 0.430. The Labute approximate surface area is 375 Å². The standard InChI is InChI=1S/C17H19N5O.C17H18N4O.C13H11ClN4O/c1-21-13-6-8-19-17(23-2)15(13)16(20-21)12-5-7-18-14(11-12)22-9-3-4-10-22;1-22-17-15-13(5-7-19-17)11-20-16(15)12-4-6-18-14(10-12)21-8-2-3-9-21;1-18-9-4-6-16-13(19-2)11(9)12(17-18)8-3-5-15-10(14)7-8/h5-8,11H,3-4,9-10H2,1-2H3;4-7,10H,2-3,8-9,11H2,1H3;3-7H,1-2H3. The predicted molar refractivity (Wildman–Crippen MR) is 249 cm³/mol. The summed E-state index contributed by atoms with van der Waals surface area (Å²) < 4.78 is 19.8. The molecule has 0 amide bonds. The van der Waals surface area contributed by atoms with Gasteiger partial charge in [0.05, 0.1) is 61.0 Å². The minimum Gasteiger partial charge on any atom is -0.480 e. The smallest absolute Gasteiger partial charge is 0.224 e. The molecule has 0 saturated carbocycles. The lowest BCUT2D eigenvalue weighted by Gasteiger charge is -2.17. The summed E-state index contributed by atoms with van der Waals surface area (Å²) >= 11 is 5.93. The average Bonchev–Trinajstić information content (AvgIpc) is 4.21. The van der Waals surface area contributed by atoms with E-state index < -0.39 is 0 Å². The second kappa shape index (κ2) is 18.6. The molecule has 11 rings (SSSR count). The maximum Gasteiger partial charge on any atom is 0.224 e. The Bertz CT molecular complexity index is 2980. The molecule has 64 heavy (non-hydrogen) atoms. The summed E-state index contributed by atoms with van der Waals surface area (Å²) in [6.45, 7) is 5.01. The van der Waals surface area contributed by atoms with Crippen molar-refractivity contribution < 1.29 is 14.2 Å². The van der Waals surface area contributed by atoms with Gasteiger partial charge in [0.1, 0.15) is 28.2 Å². The van der Waals surface area contributed by atoms with Crippen molar-refractivity contribution in [2.75, 3.05) is 57.3 Å². The molecule has 0 atom stereocenters. The fourth-order valence-corrected chi connectivity index (χ4v) is 8.66. The summed E-state index contributed by atoms with van der Waals surface area (Å²) in [5, 5.41) is 11.4. The number of halogens is 1. The van der Waals surface area contributed by atoms with Gasteiger partial charge in [-0.2, -0.15) is 10.2 Å². The van der Waals surface area contributed by atoms with E-state index in [0.29, 0.717) is 29.3 Å². The fraction of sp³-hybridized carbons (Fsp3) is 0.298. The number of hydrogen-bond donors (Lipinski definition) is 0. The number of aryl methyl sites for hydroxylation is 2. The van der Waals surface area contributed by atoms with Gasteiger partial charge >= 0.3 is 0 Å². The van der Waals surface area contributed by atoms with Crippen molar-refractivity contribution in [2.45, 2.75) is 32.2 Å². The van der Waals surface area contributed by atoms with Gasteiger partial charge in [-0.3, -0.25) is 14.4 Å². The molecule has 3 aliphatic heterocycles. The Kier molecular flexibility index (Phi) is 12.3. The molecule has 0 bridgehead atoms. The summed E-state index contributed by atoms with van der Waals surface area (Å²) in [5.41, 5.74) is 9.79. The first-order valence-corrected chi connectivity index (χ1v) is 21.6. The Morgan fingerprint density at radius 1 is 0.516 bits per heavy atom. The third-order valence-corrected chi connectivity index (χ3v) is 11.8. The number of fused-ring (bicyclic) bond motifs is 3. The van der Waals surface area contributed by atoms with E-state index in [-0.39, 0.29) is 0 Å². The van der Waals surface area contributed by atoms with Gasteiger partial charge in [-0.1, -0.05) is 11.6 Å². The van der Waals surface area contributed by atoms with Gasteiger partial charge in [0, 0.05) is 94.1 Å². The van der Waals surface area contributed by atoms with Crippen molar-refractivity contribution in [1.29, 1.82) is 0 Å². The molecule has 0 aliphatic carbocycles. The van der Waals surface area contributed by atoms with Gasteiger partial charge < -0.3 is 24.0 Å². The van der Waals surface area contributed by atoms with E-state index in [0.717, 1.165) is 99.0 Å². The highest BCUT2D eigenvalue weighted by Gasteiger charge is 2.25. The summed E-state index contributed by atoms with van der Waals surface area (Å²) in [6, 6.07) is 17.7. The maximum absolute atomic E-state index is 5.93. The highest BCUT2D eigenvalue weighted by Crippen LogP contribution is 2.36. The van der Waals surface area contributed by atoms with E-state index in [2.05, 4.69) is 62.0 Å². The number of hydrogen-bond acceptors (Lipinski definition) is 14. The van der Waals surface area contributed by atoms with E-state index in [1.807, 2.05) is 67.6 Å². The van der Waals surface area contributed by atoms with Crippen molar-refractivity contribution >= 4 is 50.8 Å².